The molecule has 2 heterocycles. The van der Waals surface area contributed by atoms with Gasteiger partial charge in [-0.25, -0.2) is 0 Å². The van der Waals surface area contributed by atoms with Crippen LogP contribution in [0.25, 0.3) is 0 Å². The van der Waals surface area contributed by atoms with E-state index in [9.17, 15) is 4.79 Å². The summed E-state index contributed by atoms with van der Waals surface area (Å²) in [6.45, 7) is 3.20. The highest BCUT2D eigenvalue weighted by atomic mass is 16.5. The number of hydrogen-bond acceptors (Lipinski definition) is 5. The molecule has 0 saturated carbocycles. The summed E-state index contributed by atoms with van der Waals surface area (Å²) in [5.41, 5.74) is 2.25. The number of ether oxygens (including phenoxy) is 1. The Labute approximate surface area is 157 Å². The van der Waals surface area contributed by atoms with Gasteiger partial charge in [0.2, 0.25) is 5.89 Å². The van der Waals surface area contributed by atoms with Crippen molar-refractivity contribution in [1.29, 1.82) is 0 Å². The number of aryl methyl sites for hydroxylation is 1. The van der Waals surface area contributed by atoms with Gasteiger partial charge in [-0.05, 0) is 30.2 Å². The summed E-state index contributed by atoms with van der Waals surface area (Å²) in [4.78, 5) is 18.5. The zero-order chi connectivity index (χ0) is 18.6. The molecule has 0 unspecified atom stereocenters. The monoisotopic (exact) mass is 363 g/mol. The van der Waals surface area contributed by atoms with Gasteiger partial charge in [-0.1, -0.05) is 47.6 Å². The molecule has 0 aliphatic carbocycles. The molecule has 0 bridgehead atoms. The van der Waals surface area contributed by atoms with Crippen molar-refractivity contribution >= 4 is 5.91 Å². The number of likely N-dealkylation sites (tertiary alicyclic amines) is 1. The number of rotatable bonds is 6. The van der Waals surface area contributed by atoms with Crippen molar-refractivity contribution in [2.75, 3.05) is 19.7 Å². The van der Waals surface area contributed by atoms with Gasteiger partial charge in [0.25, 0.3) is 5.91 Å². The number of amides is 1. The third-order valence-corrected chi connectivity index (χ3v) is 4.62. The minimum Gasteiger partial charge on any atom is -0.484 e. The number of hydrogen-bond donors (Lipinski definition) is 0. The highest BCUT2D eigenvalue weighted by molar-refractivity contribution is 5.78. The predicted octanol–water partition coefficient (Wildman–Crippen LogP) is 2.97. The van der Waals surface area contributed by atoms with Crippen LogP contribution in [-0.4, -0.2) is 40.6 Å². The van der Waals surface area contributed by atoms with E-state index in [0.717, 1.165) is 11.1 Å². The summed E-state index contributed by atoms with van der Waals surface area (Å²) in [7, 11) is 0. The molecule has 4 rings (SSSR count). The molecule has 138 valence electrons. The first-order valence-corrected chi connectivity index (χ1v) is 9.01. The Morgan fingerprint density at radius 2 is 2.00 bits per heavy atom. The van der Waals surface area contributed by atoms with Gasteiger partial charge >= 0.3 is 0 Å². The van der Waals surface area contributed by atoms with Crippen molar-refractivity contribution in [1.82, 2.24) is 15.0 Å². The normalized spacial score (nSPS) is 14.0. The fourth-order valence-electron chi connectivity index (χ4n) is 3.06. The Kier molecular flexibility index (Phi) is 4.87. The van der Waals surface area contributed by atoms with E-state index >= 15 is 0 Å². The molecule has 0 spiro atoms. The third-order valence-electron chi connectivity index (χ3n) is 4.62. The molecule has 3 aromatic rings. The Morgan fingerprint density at radius 3 is 2.78 bits per heavy atom. The molecular weight excluding hydrogens is 342 g/mol. The molecule has 27 heavy (non-hydrogen) atoms. The van der Waals surface area contributed by atoms with Crippen LogP contribution in [0.4, 0.5) is 0 Å². The Morgan fingerprint density at radius 1 is 1.19 bits per heavy atom. The van der Waals surface area contributed by atoms with E-state index in [2.05, 4.69) is 10.1 Å². The molecule has 0 N–H and O–H groups in total. The molecule has 6 heteroatoms. The molecule has 1 aromatic heterocycles. The van der Waals surface area contributed by atoms with Gasteiger partial charge < -0.3 is 14.2 Å². The van der Waals surface area contributed by atoms with E-state index in [1.165, 1.54) is 0 Å². The summed E-state index contributed by atoms with van der Waals surface area (Å²) in [5, 5.41) is 4.05. The van der Waals surface area contributed by atoms with Crippen LogP contribution in [0.3, 0.4) is 0 Å². The van der Waals surface area contributed by atoms with Gasteiger partial charge in [0, 0.05) is 19.5 Å². The fraction of sp³-hybridized carbons (Fsp3) is 0.286. The van der Waals surface area contributed by atoms with Crippen molar-refractivity contribution in [2.45, 2.75) is 19.3 Å². The van der Waals surface area contributed by atoms with Crippen LogP contribution < -0.4 is 4.74 Å². The van der Waals surface area contributed by atoms with E-state index in [1.807, 2.05) is 61.5 Å². The van der Waals surface area contributed by atoms with Crippen molar-refractivity contribution < 1.29 is 14.1 Å². The second kappa shape index (κ2) is 7.61. The van der Waals surface area contributed by atoms with Crippen molar-refractivity contribution in [3.05, 3.63) is 77.4 Å². The van der Waals surface area contributed by atoms with E-state index < -0.39 is 0 Å². The van der Waals surface area contributed by atoms with Gasteiger partial charge in [-0.15, -0.1) is 0 Å². The van der Waals surface area contributed by atoms with Crippen LogP contribution in [-0.2, 0) is 11.2 Å². The molecule has 2 aromatic carbocycles. The molecule has 0 radical (unpaired) electrons. The van der Waals surface area contributed by atoms with E-state index in [0.29, 0.717) is 37.0 Å². The summed E-state index contributed by atoms with van der Waals surface area (Å²) >= 11 is 0. The summed E-state index contributed by atoms with van der Waals surface area (Å²) in [6.07, 6.45) is 0.643. The standard InChI is InChI=1S/C21H21N3O3/c1-15-6-5-9-18(10-15)26-14-20(25)24-12-17(13-24)21-22-19(23-27-21)11-16-7-3-2-4-8-16/h2-10,17H,11-14H2,1H3. The molecular formula is C21H21N3O3. The van der Waals surface area contributed by atoms with Gasteiger partial charge in [0.05, 0.1) is 5.92 Å². The number of aromatic nitrogens is 2. The van der Waals surface area contributed by atoms with E-state index in [1.54, 1.807) is 4.90 Å². The van der Waals surface area contributed by atoms with Crippen LogP contribution in [0.5, 0.6) is 5.75 Å². The zero-order valence-electron chi connectivity index (χ0n) is 15.2. The van der Waals surface area contributed by atoms with Crippen LogP contribution in [0, 0.1) is 6.92 Å². The van der Waals surface area contributed by atoms with Gasteiger partial charge in [0.15, 0.2) is 12.4 Å². The summed E-state index contributed by atoms with van der Waals surface area (Å²) in [5.74, 6) is 2.05. The third kappa shape index (κ3) is 4.16. The predicted molar refractivity (Wildman–Crippen MR) is 99.5 cm³/mol. The molecule has 1 aliphatic rings. The van der Waals surface area contributed by atoms with Crippen molar-refractivity contribution in [3.63, 3.8) is 0 Å². The van der Waals surface area contributed by atoms with Crippen molar-refractivity contribution in [2.24, 2.45) is 0 Å². The number of nitrogens with zero attached hydrogens (tertiary/aromatic N) is 3. The average molecular weight is 363 g/mol. The maximum absolute atomic E-state index is 12.2. The summed E-state index contributed by atoms with van der Waals surface area (Å²) < 4.78 is 11.0. The molecule has 1 saturated heterocycles. The lowest BCUT2D eigenvalue weighted by Gasteiger charge is -2.36. The first-order valence-electron chi connectivity index (χ1n) is 9.01. The fourth-order valence-corrected chi connectivity index (χ4v) is 3.06. The molecule has 1 fully saturated rings. The smallest absolute Gasteiger partial charge is 0.260 e. The van der Waals surface area contributed by atoms with Crippen molar-refractivity contribution in [3.8, 4) is 5.75 Å². The second-order valence-corrected chi connectivity index (χ2v) is 6.81. The topological polar surface area (TPSA) is 68.5 Å². The quantitative estimate of drug-likeness (QED) is 0.673. The Bertz CT molecular complexity index is 917. The number of carbonyl (C=O) groups is 1. The number of benzene rings is 2. The second-order valence-electron chi connectivity index (χ2n) is 6.81. The lowest BCUT2D eigenvalue weighted by molar-refractivity contribution is -0.138. The van der Waals surface area contributed by atoms with E-state index in [4.69, 9.17) is 9.26 Å². The maximum atomic E-state index is 12.2. The lowest BCUT2D eigenvalue weighted by atomic mass is 10.0. The summed E-state index contributed by atoms with van der Waals surface area (Å²) in [6, 6.07) is 17.7. The van der Waals surface area contributed by atoms with Crippen LogP contribution in [0.1, 0.15) is 28.8 Å². The highest BCUT2D eigenvalue weighted by Gasteiger charge is 2.35. The van der Waals surface area contributed by atoms with E-state index in [-0.39, 0.29) is 18.4 Å². The molecule has 1 aliphatic heterocycles. The van der Waals surface area contributed by atoms with Gasteiger partial charge in [-0.3, -0.25) is 4.79 Å². The van der Waals surface area contributed by atoms with Gasteiger partial charge in [0.1, 0.15) is 5.75 Å². The Hall–Kier alpha value is -3.15. The highest BCUT2D eigenvalue weighted by Crippen LogP contribution is 2.26. The molecule has 6 nitrogen and oxygen atoms in total. The first kappa shape index (κ1) is 17.3. The number of carbonyl (C=O) groups excluding carboxylic acids is 1. The van der Waals surface area contributed by atoms with Crippen LogP contribution >= 0.6 is 0 Å². The average Bonchev–Trinajstić information content (AvgIpc) is 3.07. The molecule has 1 amide bonds. The lowest BCUT2D eigenvalue weighted by Crippen LogP contribution is -2.50. The first-order chi connectivity index (χ1) is 13.2. The van der Waals surface area contributed by atoms with Gasteiger partial charge in [-0.2, -0.15) is 4.98 Å². The van der Waals surface area contributed by atoms with Crippen LogP contribution in [0.15, 0.2) is 59.1 Å². The SMILES string of the molecule is Cc1cccc(OCC(=O)N2CC(c3nc(Cc4ccccc4)no3)C2)c1. The minimum absolute atomic E-state index is 0.0308. The minimum atomic E-state index is -0.0308. The largest absolute Gasteiger partial charge is 0.484 e. The Balaban J connectivity index is 1.26. The van der Waals surface area contributed by atoms with Crippen LogP contribution in [0.2, 0.25) is 0 Å². The maximum Gasteiger partial charge on any atom is 0.260 e. The zero-order valence-corrected chi connectivity index (χ0v) is 15.2. The molecule has 0 atom stereocenters.